The van der Waals surface area contributed by atoms with Crippen LogP contribution >= 0.6 is 23.2 Å². The van der Waals surface area contributed by atoms with E-state index in [1.54, 1.807) is 0 Å². The Hall–Kier alpha value is 0.0400. The van der Waals surface area contributed by atoms with Crippen LogP contribution in [0.1, 0.15) is 0 Å². The number of alkyl halides is 4. The van der Waals surface area contributed by atoms with E-state index in [1.165, 1.54) is 0 Å². The van der Waals surface area contributed by atoms with E-state index in [1.807, 2.05) is 0 Å². The molecule has 0 saturated carbocycles. The summed E-state index contributed by atoms with van der Waals surface area (Å²) in [6, 6.07) is 0. The SMILES string of the molecule is O=C(Cl)C(F)(F)C(F)Cl. The molecule has 0 aliphatic rings. The van der Waals surface area contributed by atoms with Gasteiger partial charge in [0.05, 0.1) is 0 Å². The summed E-state index contributed by atoms with van der Waals surface area (Å²) < 4.78 is 34.8. The highest BCUT2D eigenvalue weighted by Gasteiger charge is 2.46. The molecule has 54 valence electrons. The van der Waals surface area contributed by atoms with Crippen LogP contribution in [0.25, 0.3) is 0 Å². The topological polar surface area (TPSA) is 17.1 Å². The Labute approximate surface area is 58.7 Å². The number of rotatable bonds is 2. The van der Waals surface area contributed by atoms with Gasteiger partial charge in [-0.2, -0.15) is 8.78 Å². The first-order valence-corrected chi connectivity index (χ1v) is 2.56. The Morgan fingerprint density at radius 3 is 1.89 bits per heavy atom. The average molecular weight is 181 g/mol. The fraction of sp³-hybridized carbons (Fsp3) is 0.667. The van der Waals surface area contributed by atoms with Gasteiger partial charge in [-0.05, 0) is 11.6 Å². The fourth-order valence-electron chi connectivity index (χ4n) is 0.0858. The van der Waals surface area contributed by atoms with Gasteiger partial charge < -0.3 is 0 Å². The monoisotopic (exact) mass is 180 g/mol. The molecule has 0 aromatic rings. The van der Waals surface area contributed by atoms with Crippen LogP contribution in [0, 0.1) is 0 Å². The summed E-state index contributed by atoms with van der Waals surface area (Å²) in [7, 11) is 0. The first-order chi connectivity index (χ1) is 3.89. The highest BCUT2D eigenvalue weighted by molar-refractivity contribution is 6.65. The van der Waals surface area contributed by atoms with E-state index < -0.39 is 16.8 Å². The van der Waals surface area contributed by atoms with Crippen molar-refractivity contribution in [2.75, 3.05) is 0 Å². The van der Waals surface area contributed by atoms with Gasteiger partial charge in [0.2, 0.25) is 5.63 Å². The fourth-order valence-corrected chi connectivity index (χ4v) is 0.337. The Kier molecular flexibility index (Phi) is 2.76. The molecule has 0 aliphatic heterocycles. The Bertz CT molecular complexity index is 124. The Balaban J connectivity index is 4.19. The second-order valence-electron chi connectivity index (χ2n) is 1.20. The molecule has 0 heterocycles. The first-order valence-electron chi connectivity index (χ1n) is 1.75. The summed E-state index contributed by atoms with van der Waals surface area (Å²) in [4.78, 5) is 9.60. The average Bonchev–Trinajstić information content (AvgIpc) is 1.65. The largest absolute Gasteiger partial charge is 0.364 e. The number of hydrogen-bond donors (Lipinski definition) is 0. The quantitative estimate of drug-likeness (QED) is 0.469. The molecule has 0 bridgehead atoms. The van der Waals surface area contributed by atoms with Crippen LogP contribution in [0.15, 0.2) is 0 Å². The molecule has 0 N–H and O–H groups in total. The van der Waals surface area contributed by atoms with Gasteiger partial charge >= 0.3 is 5.92 Å². The van der Waals surface area contributed by atoms with E-state index in [2.05, 4.69) is 23.2 Å². The van der Waals surface area contributed by atoms with E-state index >= 15 is 0 Å². The van der Waals surface area contributed by atoms with Crippen LogP contribution in [0.4, 0.5) is 13.2 Å². The summed E-state index contributed by atoms with van der Waals surface area (Å²) in [5, 5.41) is -2.09. The number of carbonyl (C=O) groups excluding carboxylic acids is 1. The van der Waals surface area contributed by atoms with Crippen LogP contribution < -0.4 is 0 Å². The maximum absolute atomic E-state index is 11.7. The smallest absolute Gasteiger partial charge is 0.274 e. The molecule has 0 amide bonds. The molecule has 0 fully saturated rings. The van der Waals surface area contributed by atoms with Gasteiger partial charge in [-0.15, -0.1) is 0 Å². The highest BCUT2D eigenvalue weighted by atomic mass is 35.5. The standard InChI is InChI=1S/C3HCl2F3O/c4-1(6)3(7,8)2(5)9/h1H. The van der Waals surface area contributed by atoms with Crippen LogP contribution in [0.5, 0.6) is 0 Å². The summed E-state index contributed by atoms with van der Waals surface area (Å²) in [5.74, 6) is -4.27. The molecule has 0 saturated heterocycles. The van der Waals surface area contributed by atoms with Crippen molar-refractivity contribution in [3.63, 3.8) is 0 Å². The molecule has 1 unspecified atom stereocenters. The van der Waals surface area contributed by atoms with Crippen molar-refractivity contribution >= 4 is 28.4 Å². The van der Waals surface area contributed by atoms with Gasteiger partial charge in [-0.25, -0.2) is 4.39 Å². The van der Waals surface area contributed by atoms with Crippen molar-refractivity contribution < 1.29 is 18.0 Å². The minimum atomic E-state index is -4.27. The van der Waals surface area contributed by atoms with Gasteiger partial charge in [-0.1, -0.05) is 11.6 Å². The molecule has 0 aromatic heterocycles. The zero-order valence-electron chi connectivity index (χ0n) is 3.88. The van der Waals surface area contributed by atoms with E-state index in [0.29, 0.717) is 0 Å². The van der Waals surface area contributed by atoms with Crippen LogP contribution in [0.3, 0.4) is 0 Å². The lowest BCUT2D eigenvalue weighted by Crippen LogP contribution is -2.32. The Morgan fingerprint density at radius 1 is 1.56 bits per heavy atom. The van der Waals surface area contributed by atoms with E-state index in [0.717, 1.165) is 0 Å². The lowest BCUT2D eigenvalue weighted by atomic mass is 10.4. The molecule has 0 aromatic carbocycles. The third-order valence-electron chi connectivity index (χ3n) is 0.536. The summed E-state index contributed by atoms with van der Waals surface area (Å²) >= 11 is 8.49. The van der Waals surface area contributed by atoms with Crippen molar-refractivity contribution in [2.45, 2.75) is 11.6 Å². The molecule has 0 rings (SSSR count). The number of hydrogen-bond acceptors (Lipinski definition) is 1. The minimum absolute atomic E-state index is 2.09. The molecule has 6 heteroatoms. The first kappa shape index (κ1) is 9.04. The van der Waals surface area contributed by atoms with Gasteiger partial charge in [-0.3, -0.25) is 4.79 Å². The molecule has 0 spiro atoms. The third-order valence-corrected chi connectivity index (χ3v) is 1.06. The third kappa shape index (κ3) is 2.02. The zero-order valence-corrected chi connectivity index (χ0v) is 5.39. The maximum atomic E-state index is 11.7. The minimum Gasteiger partial charge on any atom is -0.274 e. The molecule has 1 atom stereocenters. The van der Waals surface area contributed by atoms with Gasteiger partial charge in [0, 0.05) is 0 Å². The number of carbonyl (C=O) groups is 1. The Morgan fingerprint density at radius 2 is 1.89 bits per heavy atom. The van der Waals surface area contributed by atoms with Crippen molar-refractivity contribution in [1.82, 2.24) is 0 Å². The van der Waals surface area contributed by atoms with Crippen molar-refractivity contribution in [3.05, 3.63) is 0 Å². The van der Waals surface area contributed by atoms with Crippen molar-refractivity contribution in [1.29, 1.82) is 0 Å². The normalized spacial score (nSPS) is 15.2. The second kappa shape index (κ2) is 2.75. The van der Waals surface area contributed by atoms with Gasteiger partial charge in [0.1, 0.15) is 0 Å². The lowest BCUT2D eigenvalue weighted by molar-refractivity contribution is -0.138. The second-order valence-corrected chi connectivity index (χ2v) is 1.92. The van der Waals surface area contributed by atoms with E-state index in [9.17, 15) is 18.0 Å². The van der Waals surface area contributed by atoms with Crippen molar-refractivity contribution in [3.8, 4) is 0 Å². The van der Waals surface area contributed by atoms with Crippen LogP contribution in [-0.4, -0.2) is 16.8 Å². The summed E-state index contributed by atoms with van der Waals surface area (Å²) in [6.45, 7) is 0. The highest BCUT2D eigenvalue weighted by Crippen LogP contribution is 2.26. The van der Waals surface area contributed by atoms with Crippen LogP contribution in [0.2, 0.25) is 0 Å². The van der Waals surface area contributed by atoms with E-state index in [4.69, 9.17) is 0 Å². The summed E-state index contributed by atoms with van der Waals surface area (Å²) in [5.41, 5.74) is -3.05. The molecular weight excluding hydrogens is 180 g/mol. The zero-order chi connectivity index (χ0) is 7.65. The van der Waals surface area contributed by atoms with E-state index in [-0.39, 0.29) is 0 Å². The molecular formula is C3HCl2F3O. The number of halogens is 5. The predicted octanol–water partition coefficient (Wildman–Crippen LogP) is 1.92. The van der Waals surface area contributed by atoms with Gasteiger partial charge in [0.15, 0.2) is 0 Å². The van der Waals surface area contributed by atoms with Crippen molar-refractivity contribution in [2.24, 2.45) is 0 Å². The predicted molar refractivity (Wildman–Crippen MR) is 26.6 cm³/mol. The molecule has 9 heavy (non-hydrogen) atoms. The molecule has 0 aliphatic carbocycles. The lowest BCUT2D eigenvalue weighted by Gasteiger charge is -2.08. The molecule has 1 nitrogen and oxygen atoms in total. The van der Waals surface area contributed by atoms with Crippen LogP contribution in [-0.2, 0) is 4.79 Å². The summed E-state index contributed by atoms with van der Waals surface area (Å²) in [6.07, 6.45) is 0. The maximum Gasteiger partial charge on any atom is 0.364 e. The van der Waals surface area contributed by atoms with Gasteiger partial charge in [0.25, 0.3) is 5.24 Å². The molecule has 0 radical (unpaired) electrons.